The van der Waals surface area contributed by atoms with E-state index in [0.717, 1.165) is 12.1 Å². The van der Waals surface area contributed by atoms with Gasteiger partial charge >= 0.3 is 16.1 Å². The van der Waals surface area contributed by atoms with Gasteiger partial charge in [0.1, 0.15) is 5.75 Å². The van der Waals surface area contributed by atoms with E-state index in [1.165, 1.54) is 0 Å². The molecule has 106 valence electrons. The van der Waals surface area contributed by atoms with Crippen molar-refractivity contribution in [3.63, 3.8) is 0 Å². The van der Waals surface area contributed by atoms with Crippen LogP contribution in [0.25, 0.3) is 0 Å². The second-order valence-corrected chi connectivity index (χ2v) is 5.09. The molecule has 10 heteroatoms. The third-order valence-electron chi connectivity index (χ3n) is 2.28. The highest BCUT2D eigenvalue weighted by molar-refractivity contribution is 7.86. The summed E-state index contributed by atoms with van der Waals surface area (Å²) in [6, 6.07) is 1.20. The van der Waals surface area contributed by atoms with Gasteiger partial charge in [-0.2, -0.15) is 18.6 Å². The van der Waals surface area contributed by atoms with Crippen LogP contribution in [0.2, 0.25) is 0 Å². The number of hydrogen-bond donors (Lipinski definition) is 5. The van der Waals surface area contributed by atoms with E-state index in [-0.39, 0.29) is 28.3 Å². The lowest BCUT2D eigenvalue weighted by atomic mass is 10.1. The number of aliphatic hydroxyl groups is 1. The fraction of sp³-hybridized carbons (Fsp3) is 0.222. The van der Waals surface area contributed by atoms with Gasteiger partial charge < -0.3 is 21.3 Å². The minimum absolute atomic E-state index is 0.0426. The largest absolute Gasteiger partial charge is 0.507 e. The number of carbonyl (C=O) groups excluding carboxylic acids is 1. The first-order valence-electron chi connectivity index (χ1n) is 4.94. The molecule has 0 aliphatic heterocycles. The normalized spacial score (nSPS) is 11.3. The Morgan fingerprint density at radius 2 is 1.95 bits per heavy atom. The van der Waals surface area contributed by atoms with Crippen LogP contribution in [0.3, 0.4) is 0 Å². The number of urea groups is 1. The van der Waals surface area contributed by atoms with Crippen LogP contribution in [-0.4, -0.2) is 24.7 Å². The second-order valence-electron chi connectivity index (χ2n) is 3.52. The van der Waals surface area contributed by atoms with Crippen molar-refractivity contribution in [2.24, 2.45) is 11.6 Å². The van der Waals surface area contributed by atoms with Crippen molar-refractivity contribution in [1.82, 2.24) is 5.32 Å². The summed E-state index contributed by atoms with van der Waals surface area (Å²) in [4.78, 5) is 10.2. The fourth-order valence-corrected chi connectivity index (χ4v) is 2.05. The maximum absolute atomic E-state index is 11.4. The Labute approximate surface area is 108 Å². The molecule has 9 nitrogen and oxygen atoms in total. The van der Waals surface area contributed by atoms with Gasteiger partial charge in [-0.25, -0.2) is 4.79 Å². The van der Waals surface area contributed by atoms with Gasteiger partial charge in [-0.1, -0.05) is 0 Å². The lowest BCUT2D eigenvalue weighted by molar-refractivity contribution is 0.248. The fourth-order valence-electron chi connectivity index (χ4n) is 1.37. The molecule has 19 heavy (non-hydrogen) atoms. The molecule has 0 saturated carbocycles. The van der Waals surface area contributed by atoms with Crippen molar-refractivity contribution in [3.8, 4) is 5.75 Å². The van der Waals surface area contributed by atoms with Crippen molar-refractivity contribution in [2.45, 2.75) is 18.0 Å². The lowest BCUT2D eigenvalue weighted by Crippen LogP contribution is -2.28. The Hall–Kier alpha value is -1.88. The molecule has 0 spiro atoms. The minimum atomic E-state index is -4.20. The van der Waals surface area contributed by atoms with Crippen molar-refractivity contribution < 1.29 is 27.7 Å². The molecule has 0 aliphatic carbocycles. The molecule has 0 fully saturated rings. The SMILES string of the molecule is NOS(=O)(=O)c1cc(CO)c(O)c(CNC(N)=O)c1. The second kappa shape index (κ2) is 5.84. The number of benzene rings is 1. The van der Waals surface area contributed by atoms with Gasteiger partial charge in [-0.15, -0.1) is 0 Å². The molecule has 0 atom stereocenters. The quantitative estimate of drug-likeness (QED) is 0.417. The Bertz CT molecular complexity index is 586. The molecule has 0 aromatic heterocycles. The monoisotopic (exact) mass is 291 g/mol. The Balaban J connectivity index is 3.30. The summed E-state index contributed by atoms with van der Waals surface area (Å²) in [5.74, 6) is 4.28. The molecular weight excluding hydrogens is 278 g/mol. The highest BCUT2D eigenvalue weighted by Gasteiger charge is 2.19. The van der Waals surface area contributed by atoms with Crippen molar-refractivity contribution >= 4 is 16.1 Å². The Morgan fingerprint density at radius 1 is 1.37 bits per heavy atom. The molecule has 0 unspecified atom stereocenters. The molecule has 0 aliphatic rings. The van der Waals surface area contributed by atoms with Gasteiger partial charge in [-0.3, -0.25) is 0 Å². The zero-order valence-electron chi connectivity index (χ0n) is 9.66. The van der Waals surface area contributed by atoms with Gasteiger partial charge in [-0.05, 0) is 12.1 Å². The summed E-state index contributed by atoms with van der Waals surface area (Å²) in [5.41, 5.74) is 4.85. The van der Waals surface area contributed by atoms with Gasteiger partial charge in [0.2, 0.25) is 0 Å². The molecule has 7 N–H and O–H groups in total. The number of nitrogens with one attached hydrogen (secondary N) is 1. The zero-order chi connectivity index (χ0) is 14.6. The molecule has 0 heterocycles. The van der Waals surface area contributed by atoms with Crippen LogP contribution in [0.15, 0.2) is 17.0 Å². The first-order chi connectivity index (χ1) is 8.81. The van der Waals surface area contributed by atoms with Crippen LogP contribution in [0.1, 0.15) is 11.1 Å². The summed E-state index contributed by atoms with van der Waals surface area (Å²) in [6.45, 7) is -0.828. The maximum atomic E-state index is 11.4. The summed E-state index contributed by atoms with van der Waals surface area (Å²) >= 11 is 0. The lowest BCUT2D eigenvalue weighted by Gasteiger charge is -2.11. The average Bonchev–Trinajstić information content (AvgIpc) is 2.37. The standard InChI is InChI=1S/C9H13N3O6S/c10-9(15)12-3-5-1-7(19(16,17)18-11)2-6(4-13)8(5)14/h1-2,13-14H,3-4,11H2,(H3,10,12,15). The number of primary amides is 1. The molecule has 1 aromatic carbocycles. The predicted octanol–water partition coefficient (Wildman–Crippen LogP) is -1.37. The Kier molecular flexibility index (Phi) is 4.67. The van der Waals surface area contributed by atoms with Gasteiger partial charge in [0.15, 0.2) is 0 Å². The van der Waals surface area contributed by atoms with Gasteiger partial charge in [0.25, 0.3) is 0 Å². The number of carbonyl (C=O) groups is 1. The van der Waals surface area contributed by atoms with Crippen LogP contribution in [0.4, 0.5) is 4.79 Å². The van der Waals surface area contributed by atoms with Crippen LogP contribution in [0.5, 0.6) is 5.75 Å². The van der Waals surface area contributed by atoms with Gasteiger partial charge in [0.05, 0.1) is 11.5 Å². The van der Waals surface area contributed by atoms with Crippen LogP contribution in [-0.2, 0) is 27.6 Å². The van der Waals surface area contributed by atoms with Crippen molar-refractivity contribution in [1.29, 1.82) is 0 Å². The molecule has 1 rings (SSSR count). The summed E-state index contributed by atoms with van der Waals surface area (Å²) in [7, 11) is -4.20. The van der Waals surface area contributed by atoms with Crippen LogP contribution >= 0.6 is 0 Å². The minimum Gasteiger partial charge on any atom is -0.507 e. The van der Waals surface area contributed by atoms with Crippen LogP contribution in [0, 0.1) is 0 Å². The third-order valence-corrected chi connectivity index (χ3v) is 3.35. The topological polar surface area (TPSA) is 165 Å². The Morgan fingerprint density at radius 3 is 2.42 bits per heavy atom. The van der Waals surface area contributed by atoms with E-state index in [2.05, 4.69) is 15.5 Å². The number of aromatic hydroxyl groups is 1. The van der Waals surface area contributed by atoms with E-state index in [9.17, 15) is 18.3 Å². The number of aliphatic hydroxyl groups excluding tert-OH is 1. The smallest absolute Gasteiger partial charge is 0.312 e. The molecule has 0 saturated heterocycles. The van der Waals surface area contributed by atoms with E-state index in [0.29, 0.717) is 0 Å². The molecule has 0 bridgehead atoms. The number of nitrogens with two attached hydrogens (primary N) is 2. The number of hydrogen-bond acceptors (Lipinski definition) is 7. The molecule has 0 radical (unpaired) electrons. The summed E-state index contributed by atoms with van der Waals surface area (Å²) < 4.78 is 26.7. The van der Waals surface area contributed by atoms with E-state index in [1.54, 1.807) is 0 Å². The summed E-state index contributed by atoms with van der Waals surface area (Å²) in [5, 5.41) is 21.0. The maximum Gasteiger partial charge on any atom is 0.312 e. The van der Waals surface area contributed by atoms with E-state index in [4.69, 9.17) is 10.8 Å². The molecule has 1 aromatic rings. The van der Waals surface area contributed by atoms with E-state index >= 15 is 0 Å². The highest BCUT2D eigenvalue weighted by atomic mass is 32.2. The third kappa shape index (κ3) is 3.54. The van der Waals surface area contributed by atoms with E-state index in [1.807, 2.05) is 0 Å². The predicted molar refractivity (Wildman–Crippen MR) is 62.9 cm³/mol. The van der Waals surface area contributed by atoms with Crippen LogP contribution < -0.4 is 16.9 Å². The van der Waals surface area contributed by atoms with E-state index < -0.39 is 22.8 Å². The summed E-state index contributed by atoms with van der Waals surface area (Å²) in [6.07, 6.45) is 0. The van der Waals surface area contributed by atoms with Crippen molar-refractivity contribution in [3.05, 3.63) is 23.3 Å². The number of rotatable bonds is 5. The number of amides is 2. The van der Waals surface area contributed by atoms with Crippen molar-refractivity contribution in [2.75, 3.05) is 0 Å². The first kappa shape index (κ1) is 15.2. The average molecular weight is 291 g/mol. The first-order valence-corrected chi connectivity index (χ1v) is 6.35. The number of phenols is 1. The zero-order valence-corrected chi connectivity index (χ0v) is 10.5. The van der Waals surface area contributed by atoms with Gasteiger partial charge in [0, 0.05) is 17.7 Å². The molecule has 2 amide bonds. The molecular formula is C9H13N3O6S. The highest BCUT2D eigenvalue weighted by Crippen LogP contribution is 2.27.